The van der Waals surface area contributed by atoms with Gasteiger partial charge < -0.3 is 5.21 Å². The Kier molecular flexibility index (Phi) is 2.59. The molecule has 0 radical (unpaired) electrons. The molecule has 1 unspecified atom stereocenters. The summed E-state index contributed by atoms with van der Waals surface area (Å²) in [7, 11) is 0. The highest BCUT2D eigenvalue weighted by molar-refractivity contribution is 9.09. The van der Waals surface area contributed by atoms with Crippen LogP contribution in [0.4, 0.5) is 0 Å². The Balaban J connectivity index is 2.88. The Labute approximate surface area is 83.0 Å². The van der Waals surface area contributed by atoms with Gasteiger partial charge in [0.2, 0.25) is 0 Å². The highest BCUT2D eigenvalue weighted by Crippen LogP contribution is 2.43. The smallest absolute Gasteiger partial charge is 0.0447 e. The van der Waals surface area contributed by atoms with Crippen molar-refractivity contribution in [3.8, 4) is 0 Å². The van der Waals surface area contributed by atoms with Crippen LogP contribution in [-0.4, -0.2) is 26.7 Å². The average molecular weight is 236 g/mol. The molecule has 1 fully saturated rings. The molecule has 12 heavy (non-hydrogen) atoms. The number of rotatable bonds is 1. The van der Waals surface area contributed by atoms with E-state index in [1.807, 2.05) is 0 Å². The first-order valence-electron chi connectivity index (χ1n) is 4.37. The number of hydrogen-bond donors (Lipinski definition) is 1. The van der Waals surface area contributed by atoms with Crippen LogP contribution in [0.1, 0.15) is 34.1 Å². The van der Waals surface area contributed by atoms with E-state index >= 15 is 0 Å². The molecule has 1 aliphatic rings. The topological polar surface area (TPSA) is 23.5 Å². The Hall–Kier alpha value is 0.400. The Morgan fingerprint density at radius 1 is 1.42 bits per heavy atom. The molecule has 0 bridgehead atoms. The van der Waals surface area contributed by atoms with E-state index in [-0.39, 0.29) is 11.1 Å². The van der Waals surface area contributed by atoms with Gasteiger partial charge in [-0.25, -0.2) is 0 Å². The Morgan fingerprint density at radius 2 is 1.92 bits per heavy atom. The third kappa shape index (κ3) is 1.42. The summed E-state index contributed by atoms with van der Waals surface area (Å²) in [6.07, 6.45) is 1.04. The van der Waals surface area contributed by atoms with Gasteiger partial charge in [-0.15, -0.1) is 0 Å². The normalized spacial score (nSPS) is 34.0. The molecule has 1 atom stereocenters. The maximum Gasteiger partial charge on any atom is 0.0447 e. The first-order valence-corrected chi connectivity index (χ1v) is 5.49. The van der Waals surface area contributed by atoms with Crippen molar-refractivity contribution in [3.05, 3.63) is 0 Å². The van der Waals surface area contributed by atoms with Crippen LogP contribution in [-0.2, 0) is 0 Å². The molecule has 1 heterocycles. The molecule has 0 saturated carbocycles. The maximum atomic E-state index is 9.90. The van der Waals surface area contributed by atoms with Gasteiger partial charge in [-0.3, -0.25) is 0 Å². The fourth-order valence-corrected chi connectivity index (χ4v) is 3.16. The van der Waals surface area contributed by atoms with Crippen molar-refractivity contribution < 1.29 is 5.21 Å². The Bertz CT molecular complexity index is 179. The van der Waals surface area contributed by atoms with Crippen LogP contribution in [0.5, 0.6) is 0 Å². The average Bonchev–Trinajstić information content (AvgIpc) is 2.11. The van der Waals surface area contributed by atoms with Gasteiger partial charge in [0.1, 0.15) is 0 Å². The van der Waals surface area contributed by atoms with Crippen LogP contribution in [0, 0.1) is 5.92 Å². The lowest BCUT2D eigenvalue weighted by Gasteiger charge is -2.35. The predicted octanol–water partition coefficient (Wildman–Crippen LogP) is 2.65. The summed E-state index contributed by atoms with van der Waals surface area (Å²) < 4.78 is 0. The number of alkyl halides is 1. The van der Waals surface area contributed by atoms with Crippen molar-refractivity contribution in [2.45, 2.75) is 45.2 Å². The van der Waals surface area contributed by atoms with Gasteiger partial charge in [0.25, 0.3) is 0 Å². The second kappa shape index (κ2) is 2.96. The van der Waals surface area contributed by atoms with Crippen molar-refractivity contribution in [1.29, 1.82) is 0 Å². The molecule has 0 amide bonds. The van der Waals surface area contributed by atoms with Crippen molar-refractivity contribution >= 4 is 15.9 Å². The van der Waals surface area contributed by atoms with Crippen molar-refractivity contribution in [1.82, 2.24) is 5.06 Å². The lowest BCUT2D eigenvalue weighted by molar-refractivity contribution is -0.195. The van der Waals surface area contributed by atoms with E-state index in [9.17, 15) is 5.21 Å². The van der Waals surface area contributed by atoms with Crippen LogP contribution in [0.25, 0.3) is 0 Å². The summed E-state index contributed by atoms with van der Waals surface area (Å²) in [5.41, 5.74) is -0.186. The summed E-state index contributed by atoms with van der Waals surface area (Å²) in [6, 6.07) is 0. The molecule has 0 aromatic rings. The summed E-state index contributed by atoms with van der Waals surface area (Å²) in [4.78, 5) is 0. The van der Waals surface area contributed by atoms with Crippen molar-refractivity contribution in [2.24, 2.45) is 5.92 Å². The second-order valence-electron chi connectivity index (χ2n) is 4.83. The van der Waals surface area contributed by atoms with Gasteiger partial charge >= 0.3 is 0 Å². The molecule has 0 aromatic carbocycles. The third-order valence-corrected chi connectivity index (χ3v) is 3.83. The van der Waals surface area contributed by atoms with Gasteiger partial charge in [0, 0.05) is 16.4 Å². The molecule has 1 saturated heterocycles. The monoisotopic (exact) mass is 235 g/mol. The Morgan fingerprint density at radius 3 is 2.08 bits per heavy atom. The predicted molar refractivity (Wildman–Crippen MR) is 53.7 cm³/mol. The first-order chi connectivity index (χ1) is 5.32. The fraction of sp³-hybridized carbons (Fsp3) is 1.00. The zero-order valence-corrected chi connectivity index (χ0v) is 9.85. The second-order valence-corrected chi connectivity index (χ2v) is 5.48. The SMILES string of the molecule is CC1(C)CC(CBr)C(C)(C)N1O. The van der Waals surface area contributed by atoms with Crippen LogP contribution in [0.2, 0.25) is 0 Å². The molecule has 0 aliphatic carbocycles. The maximum absolute atomic E-state index is 9.90. The van der Waals surface area contributed by atoms with Crippen LogP contribution in [0.3, 0.4) is 0 Å². The summed E-state index contributed by atoms with van der Waals surface area (Å²) in [5.74, 6) is 0.525. The number of hydrogen-bond acceptors (Lipinski definition) is 2. The molecule has 0 spiro atoms. The summed E-state index contributed by atoms with van der Waals surface area (Å²) in [6.45, 7) is 8.34. The lowest BCUT2D eigenvalue weighted by atomic mass is 9.89. The zero-order valence-electron chi connectivity index (χ0n) is 8.26. The van der Waals surface area contributed by atoms with E-state index in [0.29, 0.717) is 5.92 Å². The molecule has 1 aliphatic heterocycles. The lowest BCUT2D eigenvalue weighted by Crippen LogP contribution is -2.47. The van der Waals surface area contributed by atoms with E-state index in [2.05, 4.69) is 43.6 Å². The molecule has 3 heteroatoms. The minimum Gasteiger partial charge on any atom is -0.313 e. The van der Waals surface area contributed by atoms with Crippen LogP contribution < -0.4 is 0 Å². The fourth-order valence-electron chi connectivity index (χ4n) is 2.14. The zero-order chi connectivity index (χ0) is 9.57. The molecule has 2 nitrogen and oxygen atoms in total. The van der Waals surface area contributed by atoms with Crippen LogP contribution >= 0.6 is 15.9 Å². The number of nitrogens with zero attached hydrogens (tertiary/aromatic N) is 1. The molecule has 1 N–H and O–H groups in total. The highest BCUT2D eigenvalue weighted by Gasteiger charge is 2.50. The molecule has 0 aromatic heterocycles. The van der Waals surface area contributed by atoms with Gasteiger partial charge in [0.05, 0.1) is 0 Å². The van der Waals surface area contributed by atoms with E-state index < -0.39 is 0 Å². The summed E-state index contributed by atoms with van der Waals surface area (Å²) >= 11 is 3.49. The minimum absolute atomic E-state index is 0.0814. The van der Waals surface area contributed by atoms with Crippen LogP contribution in [0.15, 0.2) is 0 Å². The highest BCUT2D eigenvalue weighted by atomic mass is 79.9. The van der Waals surface area contributed by atoms with E-state index in [1.165, 1.54) is 5.06 Å². The molecular weight excluding hydrogens is 218 g/mol. The van der Waals surface area contributed by atoms with Gasteiger partial charge in [0.15, 0.2) is 0 Å². The van der Waals surface area contributed by atoms with E-state index in [1.54, 1.807) is 0 Å². The molecular formula is C9H18BrNO. The number of halogens is 1. The third-order valence-electron chi connectivity index (χ3n) is 3.05. The largest absolute Gasteiger partial charge is 0.313 e. The van der Waals surface area contributed by atoms with Gasteiger partial charge in [-0.05, 0) is 40.0 Å². The number of hydroxylamine groups is 2. The molecule has 1 rings (SSSR count). The van der Waals surface area contributed by atoms with Gasteiger partial charge in [-0.2, -0.15) is 5.06 Å². The van der Waals surface area contributed by atoms with Gasteiger partial charge in [-0.1, -0.05) is 15.9 Å². The molecule has 72 valence electrons. The first kappa shape index (κ1) is 10.5. The quantitative estimate of drug-likeness (QED) is 0.707. The standard InChI is InChI=1S/C9H18BrNO/c1-8(2)5-7(6-10)9(3,4)11(8)12/h7,12H,5-6H2,1-4H3. The van der Waals surface area contributed by atoms with E-state index in [4.69, 9.17) is 0 Å². The summed E-state index contributed by atoms with van der Waals surface area (Å²) in [5, 5.41) is 12.4. The minimum atomic E-state index is -0.104. The van der Waals surface area contributed by atoms with E-state index in [0.717, 1.165) is 11.8 Å². The van der Waals surface area contributed by atoms with Crippen molar-refractivity contribution in [2.75, 3.05) is 5.33 Å². The van der Waals surface area contributed by atoms with Crippen molar-refractivity contribution in [3.63, 3.8) is 0 Å².